The summed E-state index contributed by atoms with van der Waals surface area (Å²) in [5.74, 6) is -0.822. The van der Waals surface area contributed by atoms with Crippen molar-refractivity contribution in [1.29, 1.82) is 0 Å². The normalized spacial score (nSPS) is 23.0. The summed E-state index contributed by atoms with van der Waals surface area (Å²) in [6.45, 7) is 25.3. The van der Waals surface area contributed by atoms with Crippen molar-refractivity contribution < 1.29 is 23.2 Å². The van der Waals surface area contributed by atoms with Gasteiger partial charge in [-0.25, -0.2) is 0 Å². The van der Waals surface area contributed by atoms with E-state index in [2.05, 4.69) is 67.7 Å². The van der Waals surface area contributed by atoms with Crippen molar-refractivity contribution in [3.8, 4) is 0 Å². The summed E-state index contributed by atoms with van der Waals surface area (Å²) in [5.41, 5.74) is -1.23. The van der Waals surface area contributed by atoms with Crippen LogP contribution in [-0.2, 0) is 23.2 Å². The first-order valence-electron chi connectivity index (χ1n) is 11.4. The monoisotopic (exact) mass is 471 g/mol. The highest BCUT2D eigenvalue weighted by atomic mass is 28.4. The number of carbonyl (C=O) groups is 3. The molecule has 0 unspecified atom stereocenters. The molecular weight excluding hydrogens is 426 g/mol. The van der Waals surface area contributed by atoms with E-state index in [4.69, 9.17) is 8.85 Å². The summed E-state index contributed by atoms with van der Waals surface area (Å²) < 4.78 is 12.5. The fraction of sp³-hybridized carbons (Fsp3) is 0.870. The predicted molar refractivity (Wildman–Crippen MR) is 130 cm³/mol. The molecule has 8 heteroatoms. The lowest BCUT2D eigenvalue weighted by Gasteiger charge is -2.53. The Morgan fingerprint density at radius 2 is 1.42 bits per heavy atom. The average Bonchev–Trinajstić information content (AvgIpc) is 2.61. The van der Waals surface area contributed by atoms with Crippen molar-refractivity contribution >= 4 is 34.2 Å². The molecule has 0 aromatic carbocycles. The zero-order valence-electron chi connectivity index (χ0n) is 21.9. The topological polar surface area (TPSA) is 72.9 Å². The number of rotatable bonds is 9. The van der Waals surface area contributed by atoms with Crippen LogP contribution in [0.15, 0.2) is 0 Å². The number of β-lactam (4-membered cyclic amide) rings is 1. The van der Waals surface area contributed by atoms with Gasteiger partial charge in [-0.1, -0.05) is 48.5 Å². The smallest absolute Gasteiger partial charge is 0.245 e. The van der Waals surface area contributed by atoms with Crippen molar-refractivity contribution in [3.63, 3.8) is 0 Å². The van der Waals surface area contributed by atoms with Crippen LogP contribution in [-0.4, -0.2) is 58.4 Å². The van der Waals surface area contributed by atoms with E-state index in [1.807, 2.05) is 0 Å². The molecule has 6 nitrogen and oxygen atoms in total. The highest BCUT2D eigenvalue weighted by molar-refractivity contribution is 6.74. The molecule has 2 atom stereocenters. The summed E-state index contributed by atoms with van der Waals surface area (Å²) in [6.07, 6.45) is 0.389. The number of imide groups is 1. The molecule has 0 saturated carbocycles. The molecule has 0 aromatic rings. The number of carbonyl (C=O) groups excluding carboxylic acids is 3. The predicted octanol–water partition coefficient (Wildman–Crippen LogP) is 5.14. The molecule has 0 aromatic heterocycles. The Balaban J connectivity index is 3.00. The maximum absolute atomic E-state index is 13.2. The van der Waals surface area contributed by atoms with E-state index >= 15 is 0 Å². The maximum atomic E-state index is 13.2. The van der Waals surface area contributed by atoms with E-state index in [0.29, 0.717) is 6.61 Å². The molecule has 1 rings (SSSR count). The van der Waals surface area contributed by atoms with Gasteiger partial charge >= 0.3 is 0 Å². The Morgan fingerprint density at radius 3 is 1.84 bits per heavy atom. The number of Topliss-reactive ketones (excluding diaryl/α,β-unsaturated/α-hetero) is 1. The number of likely N-dealkylation sites (tertiary alicyclic amines) is 1. The van der Waals surface area contributed by atoms with E-state index in [-0.39, 0.29) is 41.2 Å². The van der Waals surface area contributed by atoms with Gasteiger partial charge in [-0.3, -0.25) is 19.3 Å². The minimum absolute atomic E-state index is 0.00221. The first-order chi connectivity index (χ1) is 13.7. The zero-order chi connectivity index (χ0) is 24.6. The van der Waals surface area contributed by atoms with Gasteiger partial charge in [0.05, 0.1) is 12.6 Å². The number of amides is 2. The molecule has 1 saturated heterocycles. The Hall–Kier alpha value is -0.836. The van der Waals surface area contributed by atoms with Crippen LogP contribution in [0.3, 0.4) is 0 Å². The molecule has 31 heavy (non-hydrogen) atoms. The third-order valence-corrected chi connectivity index (χ3v) is 16.8. The van der Waals surface area contributed by atoms with Crippen LogP contribution >= 0.6 is 0 Å². The Labute approximate surface area is 191 Å². The van der Waals surface area contributed by atoms with Gasteiger partial charge in [0, 0.05) is 19.4 Å². The summed E-state index contributed by atoms with van der Waals surface area (Å²) in [5, 5.41) is 0.0495. The minimum Gasteiger partial charge on any atom is -0.416 e. The van der Waals surface area contributed by atoms with Gasteiger partial charge in [0.25, 0.3) is 0 Å². The van der Waals surface area contributed by atoms with Crippen LogP contribution in [0.25, 0.3) is 0 Å². The molecular formula is C23H45NO5Si2. The van der Waals surface area contributed by atoms with Crippen molar-refractivity contribution in [3.05, 3.63) is 0 Å². The lowest BCUT2D eigenvalue weighted by atomic mass is 9.68. The standard InChI is InChI=1S/C23H45NO5Si2/c1-13-19(26)24-17(16-29-31(11,12)22(5,6)7)23(8,20(24)27)18(25)14-15-28-30(9,10)21(2,3)4/h17H,13-16H2,1-12H3/t17-,23-/m1/s1. The van der Waals surface area contributed by atoms with E-state index in [1.54, 1.807) is 13.8 Å². The number of ketones is 1. The van der Waals surface area contributed by atoms with Crippen LogP contribution in [0.5, 0.6) is 0 Å². The van der Waals surface area contributed by atoms with Crippen LogP contribution in [0.1, 0.15) is 68.2 Å². The average molecular weight is 472 g/mol. The van der Waals surface area contributed by atoms with Gasteiger partial charge in [0.1, 0.15) is 5.41 Å². The molecule has 0 aliphatic carbocycles. The Morgan fingerprint density at radius 1 is 0.968 bits per heavy atom. The highest BCUT2D eigenvalue weighted by Crippen LogP contribution is 2.44. The zero-order valence-corrected chi connectivity index (χ0v) is 23.9. The molecule has 1 fully saturated rings. The largest absolute Gasteiger partial charge is 0.416 e. The lowest BCUT2D eigenvalue weighted by Crippen LogP contribution is -2.74. The second-order valence-corrected chi connectivity index (χ2v) is 21.6. The third kappa shape index (κ3) is 5.57. The number of nitrogens with zero attached hydrogens (tertiary/aromatic N) is 1. The Kier molecular flexibility index (Phi) is 8.36. The second-order valence-electron chi connectivity index (χ2n) is 12.0. The highest BCUT2D eigenvalue weighted by Gasteiger charge is 2.63. The minimum atomic E-state index is -2.09. The van der Waals surface area contributed by atoms with Crippen molar-refractivity contribution in [2.75, 3.05) is 13.2 Å². The van der Waals surface area contributed by atoms with E-state index in [9.17, 15) is 14.4 Å². The van der Waals surface area contributed by atoms with Crippen molar-refractivity contribution in [2.24, 2.45) is 5.41 Å². The summed E-state index contributed by atoms with van der Waals surface area (Å²) >= 11 is 0. The van der Waals surface area contributed by atoms with Gasteiger partial charge in [-0.05, 0) is 43.2 Å². The van der Waals surface area contributed by atoms with Crippen LogP contribution in [0.2, 0.25) is 36.3 Å². The van der Waals surface area contributed by atoms with Crippen LogP contribution < -0.4 is 0 Å². The van der Waals surface area contributed by atoms with Gasteiger partial charge in [-0.2, -0.15) is 0 Å². The first-order valence-corrected chi connectivity index (χ1v) is 17.2. The molecule has 1 aliphatic rings. The van der Waals surface area contributed by atoms with E-state index in [1.165, 1.54) is 4.90 Å². The number of hydrogen-bond acceptors (Lipinski definition) is 5. The van der Waals surface area contributed by atoms with Crippen LogP contribution in [0, 0.1) is 5.41 Å². The van der Waals surface area contributed by atoms with Crippen LogP contribution in [0.4, 0.5) is 0 Å². The summed E-state index contributed by atoms with van der Waals surface area (Å²) in [6, 6.07) is -0.554. The molecule has 1 heterocycles. The van der Waals surface area contributed by atoms with Gasteiger partial charge in [-0.15, -0.1) is 0 Å². The second kappa shape index (κ2) is 9.19. The maximum Gasteiger partial charge on any atom is 0.245 e. The molecule has 180 valence electrons. The third-order valence-electron chi connectivity index (χ3n) is 7.80. The lowest BCUT2D eigenvalue weighted by molar-refractivity contribution is -0.183. The van der Waals surface area contributed by atoms with Gasteiger partial charge in [0.2, 0.25) is 11.8 Å². The van der Waals surface area contributed by atoms with E-state index < -0.39 is 34.0 Å². The fourth-order valence-electron chi connectivity index (χ4n) is 3.11. The van der Waals surface area contributed by atoms with Crippen molar-refractivity contribution in [2.45, 2.75) is 111 Å². The number of hydrogen-bond donors (Lipinski definition) is 0. The fourth-order valence-corrected chi connectivity index (χ4v) is 5.16. The SMILES string of the molecule is CCC(=O)N1C(=O)[C@@](C)(C(=O)CCO[Si](C)(C)C(C)(C)C)[C@H]1CO[Si](C)(C)C(C)(C)C. The van der Waals surface area contributed by atoms with Gasteiger partial charge < -0.3 is 8.85 Å². The summed E-state index contributed by atoms with van der Waals surface area (Å²) in [7, 11) is -4.07. The van der Waals surface area contributed by atoms with Crippen molar-refractivity contribution in [1.82, 2.24) is 4.90 Å². The molecule has 0 radical (unpaired) electrons. The molecule has 2 amide bonds. The molecule has 1 aliphatic heterocycles. The van der Waals surface area contributed by atoms with Gasteiger partial charge in [0.15, 0.2) is 22.4 Å². The summed E-state index contributed by atoms with van der Waals surface area (Å²) in [4.78, 5) is 39.9. The molecule has 0 N–H and O–H groups in total. The molecule has 0 spiro atoms. The first kappa shape index (κ1) is 28.2. The van der Waals surface area contributed by atoms with E-state index in [0.717, 1.165) is 0 Å². The Bertz CT molecular complexity index is 706. The molecule has 0 bridgehead atoms. The quantitative estimate of drug-likeness (QED) is 0.264.